The first-order valence-corrected chi connectivity index (χ1v) is 8.23. The lowest BCUT2D eigenvalue weighted by molar-refractivity contribution is 0.0890. The number of nitrogens with one attached hydrogen (secondary N) is 1. The molecule has 0 radical (unpaired) electrons. The number of hydrogen-bond donors (Lipinski definition) is 1. The minimum absolute atomic E-state index is 0.0693. The van der Waals surface area contributed by atoms with Gasteiger partial charge in [0.25, 0.3) is 5.91 Å². The summed E-state index contributed by atoms with van der Waals surface area (Å²) < 4.78 is 1.65. The largest absolute Gasteiger partial charge is 0.348 e. The molecule has 1 aromatic carbocycles. The van der Waals surface area contributed by atoms with Crippen molar-refractivity contribution in [3.05, 3.63) is 53.9 Å². The van der Waals surface area contributed by atoms with Crippen LogP contribution in [0.1, 0.15) is 41.9 Å². The van der Waals surface area contributed by atoms with Gasteiger partial charge in [-0.2, -0.15) is 5.10 Å². The molecule has 2 heterocycles. The minimum Gasteiger partial charge on any atom is -0.348 e. The van der Waals surface area contributed by atoms with E-state index in [-0.39, 0.29) is 11.9 Å². The topological polar surface area (TPSA) is 50.2 Å². The van der Waals surface area contributed by atoms with Crippen LogP contribution in [0.2, 0.25) is 0 Å². The summed E-state index contributed by atoms with van der Waals surface area (Å²) in [6, 6.07) is 13.0. The molecule has 1 unspecified atom stereocenters. The van der Waals surface area contributed by atoms with Crippen molar-refractivity contribution >= 4 is 5.91 Å². The van der Waals surface area contributed by atoms with Gasteiger partial charge in [-0.1, -0.05) is 30.3 Å². The van der Waals surface area contributed by atoms with Gasteiger partial charge in [0, 0.05) is 38.4 Å². The molecule has 1 aliphatic rings. The van der Waals surface area contributed by atoms with Gasteiger partial charge < -0.3 is 5.32 Å². The van der Waals surface area contributed by atoms with Crippen molar-refractivity contribution in [2.24, 2.45) is 7.05 Å². The van der Waals surface area contributed by atoms with E-state index < -0.39 is 0 Å². The molecule has 1 N–H and O–H groups in total. The summed E-state index contributed by atoms with van der Waals surface area (Å²) in [6.45, 7) is 4.26. The third kappa shape index (κ3) is 3.79. The van der Waals surface area contributed by atoms with E-state index in [2.05, 4.69) is 52.6 Å². The zero-order valence-corrected chi connectivity index (χ0v) is 13.8. The molecule has 1 fully saturated rings. The summed E-state index contributed by atoms with van der Waals surface area (Å²) >= 11 is 0. The van der Waals surface area contributed by atoms with Crippen LogP contribution in [0.5, 0.6) is 0 Å². The number of aromatic nitrogens is 2. The summed E-state index contributed by atoms with van der Waals surface area (Å²) in [5.41, 5.74) is 1.84. The van der Waals surface area contributed by atoms with E-state index in [1.165, 1.54) is 5.56 Å². The summed E-state index contributed by atoms with van der Waals surface area (Å²) in [5.74, 6) is -0.0693. The number of nitrogens with zero attached hydrogens (tertiary/aromatic N) is 3. The highest BCUT2D eigenvalue weighted by Gasteiger charge is 2.25. The van der Waals surface area contributed by atoms with Gasteiger partial charge in [-0.15, -0.1) is 0 Å². The van der Waals surface area contributed by atoms with Crippen LogP contribution in [-0.4, -0.2) is 39.7 Å². The Morgan fingerprint density at radius 1 is 1.22 bits per heavy atom. The lowest BCUT2D eigenvalue weighted by Crippen LogP contribution is -2.45. The molecule has 0 aliphatic carbocycles. The summed E-state index contributed by atoms with van der Waals surface area (Å²) in [7, 11) is 1.82. The van der Waals surface area contributed by atoms with Crippen molar-refractivity contribution < 1.29 is 4.79 Å². The average molecular weight is 312 g/mol. The molecular formula is C18H24N4O. The Kier molecular flexibility index (Phi) is 4.76. The number of hydrogen-bond acceptors (Lipinski definition) is 3. The first-order valence-electron chi connectivity index (χ1n) is 8.23. The monoisotopic (exact) mass is 312 g/mol. The third-order valence-electron chi connectivity index (χ3n) is 4.64. The van der Waals surface area contributed by atoms with Gasteiger partial charge >= 0.3 is 0 Å². The van der Waals surface area contributed by atoms with Crippen molar-refractivity contribution in [1.29, 1.82) is 0 Å². The molecule has 23 heavy (non-hydrogen) atoms. The van der Waals surface area contributed by atoms with E-state index in [0.29, 0.717) is 11.7 Å². The average Bonchev–Trinajstić information content (AvgIpc) is 3.02. The van der Waals surface area contributed by atoms with E-state index in [0.717, 1.165) is 25.9 Å². The van der Waals surface area contributed by atoms with Crippen LogP contribution >= 0.6 is 0 Å². The molecule has 2 aromatic rings. The molecular weight excluding hydrogens is 288 g/mol. The zero-order valence-electron chi connectivity index (χ0n) is 13.8. The zero-order chi connectivity index (χ0) is 16.2. The number of aryl methyl sites for hydroxylation is 1. The van der Waals surface area contributed by atoms with Gasteiger partial charge in [0.2, 0.25) is 0 Å². The van der Waals surface area contributed by atoms with Gasteiger partial charge in [-0.3, -0.25) is 14.4 Å². The Bertz CT molecular complexity index is 644. The lowest BCUT2D eigenvalue weighted by atomic mass is 10.00. The van der Waals surface area contributed by atoms with Crippen molar-refractivity contribution in [3.63, 3.8) is 0 Å². The lowest BCUT2D eigenvalue weighted by Gasteiger charge is -2.36. The number of carbonyl (C=O) groups excluding carboxylic acids is 1. The van der Waals surface area contributed by atoms with E-state index in [1.807, 2.05) is 7.05 Å². The number of benzene rings is 1. The predicted molar refractivity (Wildman–Crippen MR) is 90.1 cm³/mol. The van der Waals surface area contributed by atoms with Crippen LogP contribution in [0.3, 0.4) is 0 Å². The maximum Gasteiger partial charge on any atom is 0.271 e. The van der Waals surface area contributed by atoms with Crippen LogP contribution in [0.25, 0.3) is 0 Å². The first kappa shape index (κ1) is 15.7. The fourth-order valence-electron chi connectivity index (χ4n) is 3.17. The summed E-state index contributed by atoms with van der Waals surface area (Å²) in [5, 5.41) is 7.26. The van der Waals surface area contributed by atoms with Gasteiger partial charge in [0.1, 0.15) is 5.69 Å². The van der Waals surface area contributed by atoms with Gasteiger partial charge in [-0.05, 0) is 31.4 Å². The fraction of sp³-hybridized carbons (Fsp3) is 0.444. The molecule has 1 aliphatic heterocycles. The normalized spacial score (nSPS) is 17.8. The highest BCUT2D eigenvalue weighted by molar-refractivity contribution is 5.92. The highest BCUT2D eigenvalue weighted by atomic mass is 16.2. The number of carbonyl (C=O) groups is 1. The predicted octanol–water partition coefficient (Wildman–Crippen LogP) is 2.38. The Morgan fingerprint density at radius 3 is 2.52 bits per heavy atom. The van der Waals surface area contributed by atoms with Crippen LogP contribution in [0, 0.1) is 0 Å². The van der Waals surface area contributed by atoms with Gasteiger partial charge in [0.15, 0.2) is 0 Å². The van der Waals surface area contributed by atoms with Crippen LogP contribution < -0.4 is 5.32 Å². The SMILES string of the molecule is CC(c1ccccc1)N1CCC(NC(=O)c2ccn(C)n2)CC1. The Balaban J connectivity index is 1.51. The van der Waals surface area contributed by atoms with Crippen molar-refractivity contribution in [3.8, 4) is 0 Å². The van der Waals surface area contributed by atoms with Crippen LogP contribution in [0.4, 0.5) is 0 Å². The Hall–Kier alpha value is -2.14. The van der Waals surface area contributed by atoms with Crippen molar-refractivity contribution in [2.45, 2.75) is 31.8 Å². The molecule has 0 spiro atoms. The molecule has 122 valence electrons. The number of piperidine rings is 1. The molecule has 0 saturated carbocycles. The molecule has 1 aromatic heterocycles. The Morgan fingerprint density at radius 2 is 1.91 bits per heavy atom. The minimum atomic E-state index is -0.0693. The number of amides is 1. The second kappa shape index (κ2) is 6.96. The van der Waals surface area contributed by atoms with E-state index in [1.54, 1.807) is 16.9 Å². The van der Waals surface area contributed by atoms with Crippen LogP contribution in [-0.2, 0) is 7.05 Å². The molecule has 5 heteroatoms. The first-order chi connectivity index (χ1) is 11.1. The molecule has 3 rings (SSSR count). The second-order valence-electron chi connectivity index (χ2n) is 6.25. The van der Waals surface area contributed by atoms with E-state index in [9.17, 15) is 4.79 Å². The van der Waals surface area contributed by atoms with E-state index >= 15 is 0 Å². The maximum atomic E-state index is 12.2. The van der Waals surface area contributed by atoms with Crippen LogP contribution in [0.15, 0.2) is 42.6 Å². The molecule has 5 nitrogen and oxygen atoms in total. The summed E-state index contributed by atoms with van der Waals surface area (Å²) in [4.78, 5) is 14.6. The third-order valence-corrected chi connectivity index (χ3v) is 4.64. The quantitative estimate of drug-likeness (QED) is 0.943. The van der Waals surface area contributed by atoms with E-state index in [4.69, 9.17) is 0 Å². The highest BCUT2D eigenvalue weighted by Crippen LogP contribution is 2.24. The number of likely N-dealkylation sites (tertiary alicyclic amines) is 1. The fourth-order valence-corrected chi connectivity index (χ4v) is 3.17. The molecule has 0 bridgehead atoms. The summed E-state index contributed by atoms with van der Waals surface area (Å²) in [6.07, 6.45) is 3.75. The van der Waals surface area contributed by atoms with Crippen molar-refractivity contribution in [1.82, 2.24) is 20.0 Å². The smallest absolute Gasteiger partial charge is 0.271 e. The van der Waals surface area contributed by atoms with Gasteiger partial charge in [0.05, 0.1) is 0 Å². The maximum absolute atomic E-state index is 12.2. The molecule has 1 saturated heterocycles. The number of rotatable bonds is 4. The molecule has 1 atom stereocenters. The second-order valence-corrected chi connectivity index (χ2v) is 6.25. The van der Waals surface area contributed by atoms with Gasteiger partial charge in [-0.25, -0.2) is 0 Å². The van der Waals surface area contributed by atoms with Crippen molar-refractivity contribution in [2.75, 3.05) is 13.1 Å². The molecule has 1 amide bonds. The standard InChI is InChI=1S/C18H24N4O/c1-14(15-6-4-3-5-7-15)22-12-8-16(9-13-22)19-18(23)17-10-11-21(2)20-17/h3-7,10-11,14,16H,8-9,12-13H2,1-2H3,(H,19,23). The Labute approximate surface area is 137 Å².